The van der Waals surface area contributed by atoms with Gasteiger partial charge in [-0.15, -0.1) is 12.1 Å². The third kappa shape index (κ3) is 6.56. The molecule has 0 bridgehead atoms. The van der Waals surface area contributed by atoms with Crippen LogP contribution in [0.4, 0.5) is 0 Å². The maximum absolute atomic E-state index is 4.82. The molecule has 2 atom stereocenters. The number of benzene rings is 2. The Balaban J connectivity index is 0. The van der Waals surface area contributed by atoms with E-state index in [-0.39, 0.29) is 62.2 Å². The van der Waals surface area contributed by atoms with E-state index in [1.165, 1.54) is 11.1 Å². The summed E-state index contributed by atoms with van der Waals surface area (Å²) in [6, 6.07) is 21.3. The fourth-order valence-electron chi connectivity index (χ4n) is 1.97. The van der Waals surface area contributed by atoms with Gasteiger partial charge in [0.25, 0.3) is 0 Å². The summed E-state index contributed by atoms with van der Waals surface area (Å²) in [5.41, 5.74) is 2.55. The summed E-state index contributed by atoms with van der Waals surface area (Å²) in [7, 11) is 0. The minimum absolute atomic E-state index is 0. The van der Waals surface area contributed by atoms with Gasteiger partial charge in [0, 0.05) is 0 Å². The Kier molecular flexibility index (Phi) is 12.8. The largest absolute Gasteiger partial charge is 1.00 e. The predicted molar refractivity (Wildman–Crippen MR) is 73.1 cm³/mol. The molecule has 20 heavy (non-hydrogen) atoms. The van der Waals surface area contributed by atoms with Gasteiger partial charge in [0.05, 0.1) is 0 Å². The Morgan fingerprint density at radius 3 is 1.25 bits per heavy atom. The summed E-state index contributed by atoms with van der Waals surface area (Å²) < 4.78 is 0. The van der Waals surface area contributed by atoms with E-state index in [9.17, 15) is 0 Å². The molecule has 0 amide bonds. The van der Waals surface area contributed by atoms with Crippen LogP contribution in [0, 0.1) is 0 Å². The Morgan fingerprint density at radius 1 is 0.650 bits per heavy atom. The van der Waals surface area contributed by atoms with E-state index in [0.717, 1.165) is 0 Å². The van der Waals surface area contributed by atoms with Gasteiger partial charge in [-0.3, -0.25) is 0 Å². The molecule has 0 unspecified atom stereocenters. The zero-order valence-corrected chi connectivity index (χ0v) is 13.5. The summed E-state index contributed by atoms with van der Waals surface area (Å²) in [5.74, 6) is 0. The van der Waals surface area contributed by atoms with Crippen molar-refractivity contribution in [2.45, 2.75) is 25.9 Å². The Morgan fingerprint density at radius 2 is 0.950 bits per heavy atom. The number of hydrogen-bond acceptors (Lipinski definition) is 0. The third-order valence-corrected chi connectivity index (χ3v) is 3.01. The van der Waals surface area contributed by atoms with Crippen LogP contribution in [0.1, 0.15) is 37.1 Å². The average Bonchev–Trinajstić information content (AvgIpc) is 2.40. The van der Waals surface area contributed by atoms with E-state index in [1.807, 2.05) is 12.1 Å². The third-order valence-electron chi connectivity index (χ3n) is 3.01. The van der Waals surface area contributed by atoms with E-state index >= 15 is 0 Å². The molecule has 96 valence electrons. The smallest absolute Gasteiger partial charge is 1.00 e. The molecule has 0 aliphatic heterocycles. The standard InChI is InChI=1S/C16H18N.ClH.2Li/c1-13(15-9-5-3-6-10-15)17-14(2)16-11-7-4-8-12-16;;;/h3-14H,1-2H3;1H;;/q-1;;2*+1/p-1/t13-,14-;;;/m1.../s1. The van der Waals surface area contributed by atoms with Gasteiger partial charge in [-0.05, 0) is 0 Å². The van der Waals surface area contributed by atoms with Gasteiger partial charge < -0.3 is 17.7 Å². The molecule has 0 saturated carbocycles. The molecule has 2 rings (SSSR count). The van der Waals surface area contributed by atoms with E-state index in [2.05, 4.69) is 62.4 Å². The van der Waals surface area contributed by atoms with Gasteiger partial charge >= 0.3 is 37.7 Å². The second-order valence-electron chi connectivity index (χ2n) is 4.32. The molecule has 0 N–H and O–H groups in total. The van der Waals surface area contributed by atoms with Crippen LogP contribution in [0.15, 0.2) is 60.7 Å². The van der Waals surface area contributed by atoms with Crippen molar-refractivity contribution >= 4 is 0 Å². The van der Waals surface area contributed by atoms with Gasteiger partial charge in [0.1, 0.15) is 0 Å². The average molecular weight is 274 g/mol. The molecule has 4 heteroatoms. The van der Waals surface area contributed by atoms with Crippen molar-refractivity contribution in [2.24, 2.45) is 0 Å². The van der Waals surface area contributed by atoms with Crippen molar-refractivity contribution in [2.75, 3.05) is 0 Å². The molecule has 0 aliphatic carbocycles. The van der Waals surface area contributed by atoms with Crippen LogP contribution in [0.25, 0.3) is 5.32 Å². The quantitative estimate of drug-likeness (QED) is 0.503. The summed E-state index contributed by atoms with van der Waals surface area (Å²) in [6.07, 6.45) is 0. The van der Waals surface area contributed by atoms with Gasteiger partial charge in [-0.2, -0.15) is 0 Å². The second kappa shape index (κ2) is 11.5. The van der Waals surface area contributed by atoms with Crippen molar-refractivity contribution in [3.63, 3.8) is 0 Å². The van der Waals surface area contributed by atoms with Crippen LogP contribution in [0.3, 0.4) is 0 Å². The molecule has 0 radical (unpaired) electrons. The van der Waals surface area contributed by atoms with Crippen LogP contribution in [0.5, 0.6) is 0 Å². The van der Waals surface area contributed by atoms with Gasteiger partial charge in [-0.1, -0.05) is 85.6 Å². The normalized spacial score (nSPS) is 12.1. The molecule has 0 heterocycles. The first-order valence-corrected chi connectivity index (χ1v) is 6.07. The Labute approximate surface area is 152 Å². The summed E-state index contributed by atoms with van der Waals surface area (Å²) >= 11 is 0. The van der Waals surface area contributed by atoms with Crippen LogP contribution < -0.4 is 50.1 Å². The van der Waals surface area contributed by atoms with E-state index < -0.39 is 0 Å². The topological polar surface area (TPSA) is 14.1 Å². The predicted octanol–water partition coefficient (Wildman–Crippen LogP) is -4.11. The number of hydrogen-bond donors (Lipinski definition) is 0. The molecule has 0 aromatic heterocycles. The summed E-state index contributed by atoms with van der Waals surface area (Å²) in [6.45, 7) is 4.30. The van der Waals surface area contributed by atoms with Crippen LogP contribution >= 0.6 is 0 Å². The molecule has 0 saturated heterocycles. The maximum Gasteiger partial charge on any atom is 1.00 e. The first-order chi connectivity index (χ1) is 8.27. The van der Waals surface area contributed by atoms with Crippen molar-refractivity contribution < 1.29 is 50.1 Å². The Hall–Kier alpha value is -0.115. The fraction of sp³-hybridized carbons (Fsp3) is 0.250. The van der Waals surface area contributed by atoms with E-state index in [4.69, 9.17) is 5.32 Å². The van der Waals surface area contributed by atoms with Crippen molar-refractivity contribution in [3.05, 3.63) is 77.1 Å². The molecule has 0 aliphatic rings. The molecule has 0 spiro atoms. The number of halogens is 1. The van der Waals surface area contributed by atoms with Gasteiger partial charge in [0.2, 0.25) is 0 Å². The van der Waals surface area contributed by atoms with Gasteiger partial charge in [-0.25, -0.2) is 0 Å². The zero-order valence-electron chi connectivity index (χ0n) is 12.8. The second-order valence-corrected chi connectivity index (χ2v) is 4.32. The molecule has 2 aromatic carbocycles. The summed E-state index contributed by atoms with van der Waals surface area (Å²) in [4.78, 5) is 0. The Bertz CT molecular complexity index is 407. The van der Waals surface area contributed by atoms with E-state index in [0.29, 0.717) is 0 Å². The molecule has 2 aromatic rings. The maximum atomic E-state index is 4.82. The number of nitrogens with zero attached hydrogens (tertiary/aromatic N) is 1. The van der Waals surface area contributed by atoms with Crippen LogP contribution in [-0.2, 0) is 0 Å². The molecular formula is C16H18ClLi2N. The number of rotatable bonds is 4. The van der Waals surface area contributed by atoms with Crippen molar-refractivity contribution in [1.29, 1.82) is 0 Å². The first kappa shape index (κ1) is 22.2. The first-order valence-electron chi connectivity index (χ1n) is 6.07. The van der Waals surface area contributed by atoms with Crippen LogP contribution in [-0.4, -0.2) is 0 Å². The molecule has 0 fully saturated rings. The minimum atomic E-state index is 0. The minimum Gasteiger partial charge on any atom is -1.00 e. The van der Waals surface area contributed by atoms with Crippen molar-refractivity contribution in [3.8, 4) is 0 Å². The fourth-order valence-corrected chi connectivity index (χ4v) is 1.97. The SMILES string of the molecule is C[C@@H]([N-][C@H](C)c1ccccc1)c1ccccc1.[Cl-].[Li+].[Li+]. The molecule has 1 nitrogen and oxygen atoms in total. The van der Waals surface area contributed by atoms with Gasteiger partial charge in [0.15, 0.2) is 0 Å². The van der Waals surface area contributed by atoms with Crippen molar-refractivity contribution in [1.82, 2.24) is 0 Å². The molecular weight excluding hydrogens is 256 g/mol. The van der Waals surface area contributed by atoms with E-state index in [1.54, 1.807) is 0 Å². The zero-order chi connectivity index (χ0) is 12.1. The monoisotopic (exact) mass is 273 g/mol. The van der Waals surface area contributed by atoms with Crippen LogP contribution in [0.2, 0.25) is 0 Å². The summed E-state index contributed by atoms with van der Waals surface area (Å²) in [5, 5.41) is 4.82.